The van der Waals surface area contributed by atoms with Gasteiger partial charge in [-0.25, -0.2) is 4.98 Å². The minimum absolute atomic E-state index is 0.582. The summed E-state index contributed by atoms with van der Waals surface area (Å²) < 4.78 is 7.43. The van der Waals surface area contributed by atoms with Gasteiger partial charge in [0.25, 0.3) is 0 Å². The first-order valence-corrected chi connectivity index (χ1v) is 8.25. The second-order valence-electron chi connectivity index (χ2n) is 5.02. The van der Waals surface area contributed by atoms with Gasteiger partial charge in [0.05, 0.1) is 10.2 Å². The molecule has 0 amide bonds. The standard InChI is InChI=1S/C17H10Br2N2O/c18-12-8-13-16(14(19)15(12)20)22-17(21-13)11-6-5-9-3-1-2-4-10(9)7-11/h1-8H,20H2. The highest BCUT2D eigenvalue weighted by Crippen LogP contribution is 2.38. The number of halogens is 2. The molecule has 0 bridgehead atoms. The molecule has 0 aliphatic carbocycles. The molecular weight excluding hydrogens is 408 g/mol. The van der Waals surface area contributed by atoms with E-state index in [4.69, 9.17) is 10.2 Å². The van der Waals surface area contributed by atoms with E-state index < -0.39 is 0 Å². The summed E-state index contributed by atoms with van der Waals surface area (Å²) in [6, 6.07) is 16.2. The molecule has 22 heavy (non-hydrogen) atoms. The van der Waals surface area contributed by atoms with Gasteiger partial charge >= 0.3 is 0 Å². The van der Waals surface area contributed by atoms with Gasteiger partial charge in [0, 0.05) is 10.0 Å². The fourth-order valence-electron chi connectivity index (χ4n) is 2.46. The summed E-state index contributed by atoms with van der Waals surface area (Å²) in [5, 5.41) is 2.34. The molecule has 1 heterocycles. The second-order valence-corrected chi connectivity index (χ2v) is 6.66. The SMILES string of the molecule is Nc1c(Br)cc2nc(-c3ccc4ccccc4c3)oc2c1Br. The Kier molecular flexibility index (Phi) is 3.20. The van der Waals surface area contributed by atoms with Gasteiger partial charge < -0.3 is 10.2 Å². The lowest BCUT2D eigenvalue weighted by Crippen LogP contribution is -1.88. The number of fused-ring (bicyclic) bond motifs is 2. The lowest BCUT2D eigenvalue weighted by Gasteiger charge is -2.00. The highest BCUT2D eigenvalue weighted by Gasteiger charge is 2.15. The van der Waals surface area contributed by atoms with Crippen molar-refractivity contribution in [1.29, 1.82) is 0 Å². The van der Waals surface area contributed by atoms with Crippen LogP contribution in [0.5, 0.6) is 0 Å². The minimum atomic E-state index is 0.582. The van der Waals surface area contributed by atoms with E-state index in [1.807, 2.05) is 24.3 Å². The number of nitrogens with zero attached hydrogens (tertiary/aromatic N) is 1. The summed E-state index contributed by atoms with van der Waals surface area (Å²) in [7, 11) is 0. The van der Waals surface area contributed by atoms with Crippen molar-refractivity contribution in [3.8, 4) is 11.5 Å². The van der Waals surface area contributed by atoms with Gasteiger partial charge in [0.15, 0.2) is 5.58 Å². The fraction of sp³-hybridized carbons (Fsp3) is 0. The minimum Gasteiger partial charge on any atom is -0.435 e. The predicted molar refractivity (Wildman–Crippen MR) is 96.8 cm³/mol. The van der Waals surface area contributed by atoms with Crippen LogP contribution in [0.15, 0.2) is 61.9 Å². The van der Waals surface area contributed by atoms with Crippen LogP contribution < -0.4 is 5.73 Å². The van der Waals surface area contributed by atoms with Crippen molar-refractivity contribution in [2.45, 2.75) is 0 Å². The molecule has 2 N–H and O–H groups in total. The van der Waals surface area contributed by atoms with Gasteiger partial charge in [-0.05, 0) is 60.8 Å². The van der Waals surface area contributed by atoms with E-state index in [0.29, 0.717) is 17.2 Å². The van der Waals surface area contributed by atoms with Gasteiger partial charge in [-0.3, -0.25) is 0 Å². The lowest BCUT2D eigenvalue weighted by molar-refractivity contribution is 0.618. The molecule has 0 saturated carbocycles. The Bertz CT molecular complexity index is 1020. The fourth-order valence-corrected chi connectivity index (χ4v) is 3.64. The Morgan fingerprint density at radius 3 is 2.55 bits per heavy atom. The van der Waals surface area contributed by atoms with E-state index in [9.17, 15) is 0 Å². The number of rotatable bonds is 1. The van der Waals surface area contributed by atoms with E-state index in [-0.39, 0.29) is 0 Å². The number of oxazole rings is 1. The van der Waals surface area contributed by atoms with E-state index in [1.54, 1.807) is 0 Å². The van der Waals surface area contributed by atoms with E-state index in [2.05, 4.69) is 61.1 Å². The zero-order valence-corrected chi connectivity index (χ0v) is 14.5. The van der Waals surface area contributed by atoms with Gasteiger partial charge in [-0.15, -0.1) is 0 Å². The van der Waals surface area contributed by atoms with Crippen LogP contribution >= 0.6 is 31.9 Å². The zero-order chi connectivity index (χ0) is 15.3. The average molecular weight is 418 g/mol. The monoisotopic (exact) mass is 416 g/mol. The summed E-state index contributed by atoms with van der Waals surface area (Å²) in [6.07, 6.45) is 0. The van der Waals surface area contributed by atoms with Crippen molar-refractivity contribution in [1.82, 2.24) is 4.98 Å². The third-order valence-corrected chi connectivity index (χ3v) is 5.05. The zero-order valence-electron chi connectivity index (χ0n) is 11.3. The molecule has 0 radical (unpaired) electrons. The first-order chi connectivity index (χ1) is 10.6. The van der Waals surface area contributed by atoms with Crippen LogP contribution in [-0.4, -0.2) is 4.98 Å². The normalized spacial score (nSPS) is 11.4. The van der Waals surface area contributed by atoms with Crippen molar-refractivity contribution in [2.24, 2.45) is 0 Å². The van der Waals surface area contributed by atoms with Crippen molar-refractivity contribution in [3.05, 3.63) is 57.5 Å². The molecule has 0 aliphatic rings. The third-order valence-electron chi connectivity index (χ3n) is 3.61. The maximum atomic E-state index is 5.99. The number of aromatic nitrogens is 1. The quantitative estimate of drug-likeness (QED) is 0.401. The van der Waals surface area contributed by atoms with Crippen molar-refractivity contribution in [3.63, 3.8) is 0 Å². The third kappa shape index (κ3) is 2.12. The highest BCUT2D eigenvalue weighted by molar-refractivity contribution is 9.11. The molecule has 1 aromatic heterocycles. The molecule has 5 heteroatoms. The van der Waals surface area contributed by atoms with Crippen LogP contribution in [0.1, 0.15) is 0 Å². The van der Waals surface area contributed by atoms with Crippen LogP contribution in [0.25, 0.3) is 33.3 Å². The Hall–Kier alpha value is -1.85. The summed E-state index contributed by atoms with van der Waals surface area (Å²) in [6.45, 7) is 0. The van der Waals surface area contributed by atoms with E-state index >= 15 is 0 Å². The summed E-state index contributed by atoms with van der Waals surface area (Å²) in [4.78, 5) is 4.57. The van der Waals surface area contributed by atoms with Gasteiger partial charge in [-0.1, -0.05) is 30.3 Å². The predicted octanol–water partition coefficient (Wildman–Crippen LogP) is 5.76. The molecule has 108 valence electrons. The Labute approximate surface area is 143 Å². The van der Waals surface area contributed by atoms with Crippen molar-refractivity contribution >= 4 is 59.4 Å². The number of benzene rings is 3. The second kappa shape index (κ2) is 5.11. The Morgan fingerprint density at radius 1 is 0.955 bits per heavy atom. The van der Waals surface area contributed by atoms with Gasteiger partial charge in [0.1, 0.15) is 5.52 Å². The molecule has 0 fully saturated rings. The Balaban J connectivity index is 1.94. The molecule has 3 aromatic carbocycles. The first kappa shape index (κ1) is 13.8. The number of nitrogen functional groups attached to an aromatic ring is 1. The molecule has 0 atom stereocenters. The van der Waals surface area contributed by atoms with Crippen LogP contribution in [0, 0.1) is 0 Å². The van der Waals surface area contributed by atoms with Crippen LogP contribution in [0.3, 0.4) is 0 Å². The maximum Gasteiger partial charge on any atom is 0.227 e. The van der Waals surface area contributed by atoms with E-state index in [1.165, 1.54) is 5.39 Å². The molecule has 4 aromatic rings. The van der Waals surface area contributed by atoms with E-state index in [0.717, 1.165) is 25.4 Å². The highest BCUT2D eigenvalue weighted by atomic mass is 79.9. The van der Waals surface area contributed by atoms with Gasteiger partial charge in [0.2, 0.25) is 5.89 Å². The molecule has 0 spiro atoms. The maximum absolute atomic E-state index is 5.99. The summed E-state index contributed by atoms with van der Waals surface area (Å²) in [5.41, 5.74) is 8.95. The number of anilines is 1. The first-order valence-electron chi connectivity index (χ1n) is 6.66. The van der Waals surface area contributed by atoms with Crippen LogP contribution in [0.2, 0.25) is 0 Å². The molecule has 0 saturated heterocycles. The average Bonchev–Trinajstić information content (AvgIpc) is 2.96. The number of hydrogen-bond donors (Lipinski definition) is 1. The summed E-state index contributed by atoms with van der Waals surface area (Å²) >= 11 is 6.90. The largest absolute Gasteiger partial charge is 0.435 e. The van der Waals surface area contributed by atoms with Crippen molar-refractivity contribution in [2.75, 3.05) is 5.73 Å². The molecular formula is C17H10Br2N2O. The molecule has 0 aliphatic heterocycles. The lowest BCUT2D eigenvalue weighted by atomic mass is 10.1. The molecule has 0 unspecified atom stereocenters. The van der Waals surface area contributed by atoms with Gasteiger partial charge in [-0.2, -0.15) is 0 Å². The van der Waals surface area contributed by atoms with Crippen LogP contribution in [0.4, 0.5) is 5.69 Å². The molecule has 3 nitrogen and oxygen atoms in total. The topological polar surface area (TPSA) is 52.0 Å². The van der Waals surface area contributed by atoms with Crippen molar-refractivity contribution < 1.29 is 4.42 Å². The Morgan fingerprint density at radius 2 is 1.73 bits per heavy atom. The number of nitrogens with two attached hydrogens (primary N) is 1. The summed E-state index contributed by atoms with van der Waals surface area (Å²) in [5.74, 6) is 0.582. The van der Waals surface area contributed by atoms with Crippen LogP contribution in [-0.2, 0) is 0 Å². The smallest absolute Gasteiger partial charge is 0.227 e. The molecule has 4 rings (SSSR count). The number of hydrogen-bond acceptors (Lipinski definition) is 3.